The Balaban J connectivity index is 1.34. The number of hydrogen-bond donors (Lipinski definition) is 1. The number of benzene rings is 1. The Hall–Kier alpha value is -3.94. The van der Waals surface area contributed by atoms with Gasteiger partial charge in [-0.05, 0) is 55.2 Å². The van der Waals surface area contributed by atoms with Crippen molar-refractivity contribution < 1.29 is 18.8 Å². The second kappa shape index (κ2) is 9.74. The van der Waals surface area contributed by atoms with E-state index >= 15 is 0 Å². The molecule has 0 bridgehead atoms. The van der Waals surface area contributed by atoms with Gasteiger partial charge in [-0.2, -0.15) is 0 Å². The molecular weight excluding hydrogens is 444 g/mol. The molecule has 1 fully saturated rings. The number of fused-ring (bicyclic) bond motifs is 1. The number of nitrogens with one attached hydrogen (secondary N) is 1. The number of likely N-dealkylation sites (tertiary alicyclic amines) is 1. The van der Waals surface area contributed by atoms with E-state index in [2.05, 4.69) is 10.3 Å². The van der Waals surface area contributed by atoms with E-state index in [1.807, 2.05) is 43.3 Å². The first-order valence-electron chi connectivity index (χ1n) is 11.9. The number of carbonyl (C=O) groups is 3. The first-order valence-corrected chi connectivity index (χ1v) is 11.9. The number of hydrogen-bond acceptors (Lipinski definition) is 5. The SMILES string of the molecule is Cc1cccc(NC(=O)C2CCCN(C(=O)C3Cc4ccccc4CN3C(=O)c3ccco3)C2)n1. The molecule has 180 valence electrons. The van der Waals surface area contributed by atoms with Crippen molar-refractivity contribution in [3.05, 3.63) is 83.4 Å². The first kappa shape index (κ1) is 22.8. The highest BCUT2D eigenvalue weighted by atomic mass is 16.3. The molecule has 2 aliphatic rings. The lowest BCUT2D eigenvalue weighted by atomic mass is 9.91. The highest BCUT2D eigenvalue weighted by Crippen LogP contribution is 2.28. The lowest BCUT2D eigenvalue weighted by molar-refractivity contribution is -0.139. The number of pyridine rings is 1. The van der Waals surface area contributed by atoms with Crippen molar-refractivity contribution >= 4 is 23.5 Å². The van der Waals surface area contributed by atoms with E-state index in [1.54, 1.807) is 28.0 Å². The fraction of sp³-hybridized carbons (Fsp3) is 0.333. The normalized spacial score (nSPS) is 19.7. The van der Waals surface area contributed by atoms with Crippen molar-refractivity contribution in [1.82, 2.24) is 14.8 Å². The number of carbonyl (C=O) groups excluding carboxylic acids is 3. The highest BCUT2D eigenvalue weighted by Gasteiger charge is 2.39. The zero-order valence-corrected chi connectivity index (χ0v) is 19.6. The maximum absolute atomic E-state index is 13.8. The van der Waals surface area contributed by atoms with Crippen LogP contribution >= 0.6 is 0 Å². The van der Waals surface area contributed by atoms with Crippen LogP contribution in [0.15, 0.2) is 65.3 Å². The summed E-state index contributed by atoms with van der Waals surface area (Å²) in [4.78, 5) is 47.7. The Labute approximate surface area is 203 Å². The molecule has 0 aliphatic carbocycles. The Morgan fingerprint density at radius 2 is 1.86 bits per heavy atom. The molecule has 2 aliphatic heterocycles. The molecule has 0 saturated carbocycles. The Morgan fingerprint density at radius 1 is 1.03 bits per heavy atom. The summed E-state index contributed by atoms with van der Waals surface area (Å²) in [6.07, 6.45) is 3.31. The average molecular weight is 473 g/mol. The maximum Gasteiger partial charge on any atom is 0.290 e. The van der Waals surface area contributed by atoms with Crippen LogP contribution in [-0.4, -0.2) is 51.6 Å². The van der Waals surface area contributed by atoms with Gasteiger partial charge in [0.25, 0.3) is 5.91 Å². The molecule has 3 aromatic rings. The molecule has 1 saturated heterocycles. The maximum atomic E-state index is 13.8. The van der Waals surface area contributed by atoms with Gasteiger partial charge in [0, 0.05) is 31.7 Å². The number of piperidine rings is 1. The molecule has 1 aromatic carbocycles. The second-order valence-electron chi connectivity index (χ2n) is 9.18. The van der Waals surface area contributed by atoms with Crippen LogP contribution in [0.25, 0.3) is 0 Å². The van der Waals surface area contributed by atoms with Crippen molar-refractivity contribution in [2.24, 2.45) is 5.92 Å². The number of amides is 3. The van der Waals surface area contributed by atoms with Crippen molar-refractivity contribution in [2.75, 3.05) is 18.4 Å². The van der Waals surface area contributed by atoms with E-state index in [-0.39, 0.29) is 29.4 Å². The lowest BCUT2D eigenvalue weighted by Gasteiger charge is -2.40. The largest absolute Gasteiger partial charge is 0.459 e. The van der Waals surface area contributed by atoms with Crippen LogP contribution in [-0.2, 0) is 22.6 Å². The molecule has 0 radical (unpaired) electrons. The van der Waals surface area contributed by atoms with Gasteiger partial charge in [-0.25, -0.2) is 4.98 Å². The van der Waals surface area contributed by atoms with Gasteiger partial charge in [0.05, 0.1) is 12.2 Å². The van der Waals surface area contributed by atoms with Crippen molar-refractivity contribution in [3.63, 3.8) is 0 Å². The van der Waals surface area contributed by atoms with Crippen molar-refractivity contribution in [2.45, 2.75) is 38.8 Å². The second-order valence-corrected chi connectivity index (χ2v) is 9.18. The van der Waals surface area contributed by atoms with Crippen molar-refractivity contribution in [3.8, 4) is 0 Å². The molecule has 35 heavy (non-hydrogen) atoms. The summed E-state index contributed by atoms with van der Waals surface area (Å²) in [6, 6.07) is 16.0. The summed E-state index contributed by atoms with van der Waals surface area (Å²) in [5, 5.41) is 2.89. The van der Waals surface area contributed by atoms with Crippen LogP contribution in [0.1, 0.15) is 40.2 Å². The van der Waals surface area contributed by atoms with Crippen molar-refractivity contribution in [1.29, 1.82) is 0 Å². The number of nitrogens with zero attached hydrogens (tertiary/aromatic N) is 3. The Morgan fingerprint density at radius 3 is 2.63 bits per heavy atom. The number of rotatable bonds is 4. The van der Waals surface area contributed by atoms with Gasteiger partial charge in [0.1, 0.15) is 11.9 Å². The monoisotopic (exact) mass is 472 g/mol. The summed E-state index contributed by atoms with van der Waals surface area (Å²) in [7, 11) is 0. The molecule has 4 heterocycles. The van der Waals surface area contributed by atoms with Gasteiger partial charge in [-0.1, -0.05) is 30.3 Å². The van der Waals surface area contributed by atoms with Gasteiger partial charge >= 0.3 is 0 Å². The third-order valence-corrected chi connectivity index (χ3v) is 6.77. The van der Waals surface area contributed by atoms with Gasteiger partial charge in [-0.15, -0.1) is 0 Å². The van der Waals surface area contributed by atoms with E-state index in [1.165, 1.54) is 6.26 Å². The number of aryl methyl sites for hydroxylation is 1. The van der Waals surface area contributed by atoms with Gasteiger partial charge in [-0.3, -0.25) is 14.4 Å². The van der Waals surface area contributed by atoms with E-state index < -0.39 is 6.04 Å². The van der Waals surface area contributed by atoms with E-state index in [4.69, 9.17) is 4.42 Å². The smallest absolute Gasteiger partial charge is 0.290 e. The minimum absolute atomic E-state index is 0.134. The molecule has 3 amide bonds. The van der Waals surface area contributed by atoms with E-state index in [0.29, 0.717) is 38.3 Å². The summed E-state index contributed by atoms with van der Waals surface area (Å²) in [5.41, 5.74) is 2.91. The summed E-state index contributed by atoms with van der Waals surface area (Å²) < 4.78 is 5.35. The van der Waals surface area contributed by atoms with Gasteiger partial charge in [0.2, 0.25) is 11.8 Å². The summed E-state index contributed by atoms with van der Waals surface area (Å²) in [5.74, 6) is -0.190. The van der Waals surface area contributed by atoms with Crippen LogP contribution in [0, 0.1) is 12.8 Å². The number of furan rings is 1. The molecule has 2 atom stereocenters. The molecule has 0 spiro atoms. The van der Waals surface area contributed by atoms with Crippen LogP contribution in [0.3, 0.4) is 0 Å². The molecule has 1 N–H and O–H groups in total. The zero-order valence-electron chi connectivity index (χ0n) is 19.6. The lowest BCUT2D eigenvalue weighted by Crippen LogP contribution is -2.56. The summed E-state index contributed by atoms with van der Waals surface area (Å²) >= 11 is 0. The fourth-order valence-corrected chi connectivity index (χ4v) is 4.94. The first-order chi connectivity index (χ1) is 17.0. The predicted molar refractivity (Wildman–Crippen MR) is 129 cm³/mol. The quantitative estimate of drug-likeness (QED) is 0.628. The standard InChI is InChI=1S/C27H28N4O4/c1-18-7-4-12-24(28-18)29-25(32)21-10-5-13-30(16-21)26(33)22-15-19-8-2-3-9-20(19)17-31(22)27(34)23-11-6-14-35-23/h2-4,6-9,11-12,14,21-22H,5,10,13,15-17H2,1H3,(H,28,29,32). The summed E-state index contributed by atoms with van der Waals surface area (Å²) in [6.45, 7) is 3.08. The molecule has 8 nitrogen and oxygen atoms in total. The average Bonchev–Trinajstić information content (AvgIpc) is 3.42. The van der Waals surface area contributed by atoms with Crippen LogP contribution < -0.4 is 5.32 Å². The molecule has 8 heteroatoms. The van der Waals surface area contributed by atoms with E-state index in [9.17, 15) is 14.4 Å². The topological polar surface area (TPSA) is 95.8 Å². The van der Waals surface area contributed by atoms with E-state index in [0.717, 1.165) is 23.2 Å². The third kappa shape index (κ3) is 4.82. The highest BCUT2D eigenvalue weighted by molar-refractivity contribution is 5.96. The number of anilines is 1. The third-order valence-electron chi connectivity index (χ3n) is 6.77. The minimum atomic E-state index is -0.650. The van der Waals surface area contributed by atoms with Gasteiger partial charge < -0.3 is 19.5 Å². The predicted octanol–water partition coefficient (Wildman–Crippen LogP) is 3.43. The molecule has 5 rings (SSSR count). The molecular formula is C27H28N4O4. The minimum Gasteiger partial charge on any atom is -0.459 e. The van der Waals surface area contributed by atoms with Crippen LogP contribution in [0.2, 0.25) is 0 Å². The zero-order chi connectivity index (χ0) is 24.4. The van der Waals surface area contributed by atoms with Crippen LogP contribution in [0.5, 0.6) is 0 Å². The van der Waals surface area contributed by atoms with Crippen LogP contribution in [0.4, 0.5) is 5.82 Å². The number of aromatic nitrogens is 1. The van der Waals surface area contributed by atoms with Gasteiger partial charge in [0.15, 0.2) is 5.76 Å². The Bertz CT molecular complexity index is 1240. The Kier molecular flexibility index (Phi) is 6.35. The molecule has 2 unspecified atom stereocenters. The molecule has 2 aromatic heterocycles. The fourth-order valence-electron chi connectivity index (χ4n) is 4.94.